The first-order valence-corrected chi connectivity index (χ1v) is 5.97. The zero-order chi connectivity index (χ0) is 11.4. The number of aromatic nitrogens is 2. The van der Waals surface area contributed by atoms with Gasteiger partial charge in [0.15, 0.2) is 5.82 Å². The maximum absolute atomic E-state index is 5.43. The highest BCUT2D eigenvalue weighted by Gasteiger charge is 2.22. The summed E-state index contributed by atoms with van der Waals surface area (Å²) < 4.78 is 10.7. The molecular weight excluding hydrogens is 206 g/mol. The van der Waals surface area contributed by atoms with Gasteiger partial charge < -0.3 is 14.6 Å². The van der Waals surface area contributed by atoms with Crippen molar-refractivity contribution >= 4 is 0 Å². The molecule has 2 heterocycles. The van der Waals surface area contributed by atoms with Crippen LogP contribution in [0.2, 0.25) is 0 Å². The molecule has 5 heteroatoms. The minimum absolute atomic E-state index is 0.0794. The Hall–Kier alpha value is -0.940. The molecule has 0 aromatic carbocycles. The summed E-state index contributed by atoms with van der Waals surface area (Å²) in [5.74, 6) is 1.84. The average Bonchev–Trinajstić information content (AvgIpc) is 2.80. The third-order valence-electron chi connectivity index (χ3n) is 2.93. The van der Waals surface area contributed by atoms with E-state index in [0.29, 0.717) is 18.3 Å². The summed E-state index contributed by atoms with van der Waals surface area (Å²) >= 11 is 0. The van der Waals surface area contributed by atoms with Crippen molar-refractivity contribution in [3.8, 4) is 0 Å². The number of hydrogen-bond donors (Lipinski definition) is 1. The van der Waals surface area contributed by atoms with Crippen molar-refractivity contribution < 1.29 is 9.26 Å². The van der Waals surface area contributed by atoms with Gasteiger partial charge in [0.2, 0.25) is 5.89 Å². The topological polar surface area (TPSA) is 60.2 Å². The molecule has 0 amide bonds. The molecule has 1 saturated heterocycles. The van der Waals surface area contributed by atoms with Gasteiger partial charge >= 0.3 is 0 Å². The van der Waals surface area contributed by atoms with Crippen LogP contribution in [0.4, 0.5) is 0 Å². The molecule has 0 radical (unpaired) electrons. The van der Waals surface area contributed by atoms with E-state index in [1.54, 1.807) is 0 Å². The molecule has 1 fully saturated rings. The van der Waals surface area contributed by atoms with Crippen LogP contribution in [-0.4, -0.2) is 29.8 Å². The molecule has 2 rings (SSSR count). The van der Waals surface area contributed by atoms with Crippen LogP contribution in [0.1, 0.15) is 50.4 Å². The summed E-state index contributed by atoms with van der Waals surface area (Å²) in [7, 11) is 0. The van der Waals surface area contributed by atoms with Crippen LogP contribution in [0.5, 0.6) is 0 Å². The highest BCUT2D eigenvalue weighted by molar-refractivity contribution is 4.97. The minimum Gasteiger partial charge on any atom is -0.371 e. The zero-order valence-corrected chi connectivity index (χ0v) is 9.90. The highest BCUT2D eigenvalue weighted by atomic mass is 16.5. The molecule has 90 valence electrons. The van der Waals surface area contributed by atoms with Crippen LogP contribution in [0.25, 0.3) is 0 Å². The zero-order valence-electron chi connectivity index (χ0n) is 9.90. The van der Waals surface area contributed by atoms with Gasteiger partial charge in [0.05, 0.1) is 0 Å². The Labute approximate surface area is 95.6 Å². The maximum Gasteiger partial charge on any atom is 0.229 e. The van der Waals surface area contributed by atoms with E-state index in [1.807, 2.05) is 13.8 Å². The summed E-state index contributed by atoms with van der Waals surface area (Å²) in [4.78, 5) is 4.42. The first-order chi connectivity index (χ1) is 7.81. The monoisotopic (exact) mass is 225 g/mol. The van der Waals surface area contributed by atoms with Crippen molar-refractivity contribution in [1.82, 2.24) is 15.5 Å². The van der Waals surface area contributed by atoms with E-state index in [9.17, 15) is 0 Å². The predicted molar refractivity (Wildman–Crippen MR) is 59.2 cm³/mol. The smallest absolute Gasteiger partial charge is 0.229 e. The Morgan fingerprint density at radius 2 is 2.25 bits per heavy atom. The van der Waals surface area contributed by atoms with Gasteiger partial charge in [-0.25, -0.2) is 0 Å². The second kappa shape index (κ2) is 5.41. The Balaban J connectivity index is 2.00. The summed E-state index contributed by atoms with van der Waals surface area (Å²) in [5, 5.41) is 7.30. The largest absolute Gasteiger partial charge is 0.371 e. The van der Waals surface area contributed by atoms with Crippen molar-refractivity contribution in [2.75, 3.05) is 19.7 Å². The summed E-state index contributed by atoms with van der Waals surface area (Å²) in [6.07, 6.45) is 2.07. The van der Waals surface area contributed by atoms with Crippen LogP contribution in [0, 0.1) is 0 Å². The lowest BCUT2D eigenvalue weighted by molar-refractivity contribution is 0.0683. The fraction of sp³-hybridized carbons (Fsp3) is 0.818. The molecule has 0 aliphatic carbocycles. The van der Waals surface area contributed by atoms with Gasteiger partial charge in [-0.3, -0.25) is 0 Å². The van der Waals surface area contributed by atoms with Crippen LogP contribution in [0.15, 0.2) is 4.52 Å². The number of nitrogens with one attached hydrogen (secondary N) is 1. The average molecular weight is 225 g/mol. The first-order valence-electron chi connectivity index (χ1n) is 5.97. The lowest BCUT2D eigenvalue weighted by atomic mass is 9.98. The second-order valence-electron chi connectivity index (χ2n) is 4.11. The van der Waals surface area contributed by atoms with Gasteiger partial charge in [0.25, 0.3) is 0 Å². The van der Waals surface area contributed by atoms with E-state index in [1.165, 1.54) is 0 Å². The number of piperidine rings is 1. The van der Waals surface area contributed by atoms with E-state index in [2.05, 4.69) is 15.5 Å². The van der Waals surface area contributed by atoms with E-state index < -0.39 is 0 Å². The fourth-order valence-electron chi connectivity index (χ4n) is 1.97. The molecule has 16 heavy (non-hydrogen) atoms. The van der Waals surface area contributed by atoms with Gasteiger partial charge in [-0.15, -0.1) is 0 Å². The Morgan fingerprint density at radius 1 is 1.50 bits per heavy atom. The van der Waals surface area contributed by atoms with Gasteiger partial charge in [-0.2, -0.15) is 4.98 Å². The van der Waals surface area contributed by atoms with Crippen molar-refractivity contribution in [1.29, 1.82) is 0 Å². The van der Waals surface area contributed by atoms with Crippen LogP contribution in [-0.2, 0) is 4.74 Å². The Bertz CT molecular complexity index is 321. The minimum atomic E-state index is -0.0794. The van der Waals surface area contributed by atoms with E-state index in [-0.39, 0.29) is 6.10 Å². The highest BCUT2D eigenvalue weighted by Crippen LogP contribution is 2.25. The van der Waals surface area contributed by atoms with Gasteiger partial charge in [0.1, 0.15) is 6.10 Å². The molecule has 0 spiro atoms. The van der Waals surface area contributed by atoms with Crippen molar-refractivity contribution in [3.63, 3.8) is 0 Å². The molecule has 5 nitrogen and oxygen atoms in total. The van der Waals surface area contributed by atoms with E-state index in [0.717, 1.165) is 31.8 Å². The lowest BCUT2D eigenvalue weighted by Crippen LogP contribution is -2.26. The van der Waals surface area contributed by atoms with Gasteiger partial charge in [0, 0.05) is 12.5 Å². The van der Waals surface area contributed by atoms with E-state index in [4.69, 9.17) is 9.26 Å². The number of hydrogen-bond acceptors (Lipinski definition) is 5. The molecule has 1 aromatic heterocycles. The molecule has 0 bridgehead atoms. The Kier molecular flexibility index (Phi) is 3.90. The number of ether oxygens (including phenoxy) is 1. The van der Waals surface area contributed by atoms with Crippen LogP contribution < -0.4 is 5.32 Å². The summed E-state index contributed by atoms with van der Waals surface area (Å²) in [6.45, 7) is 6.63. The molecule has 1 aliphatic heterocycles. The summed E-state index contributed by atoms with van der Waals surface area (Å²) in [6, 6.07) is 0. The van der Waals surface area contributed by atoms with Crippen molar-refractivity contribution in [2.45, 2.75) is 38.7 Å². The van der Waals surface area contributed by atoms with Crippen molar-refractivity contribution in [3.05, 3.63) is 11.7 Å². The Morgan fingerprint density at radius 3 is 2.94 bits per heavy atom. The molecule has 1 aliphatic rings. The second-order valence-corrected chi connectivity index (χ2v) is 4.11. The van der Waals surface area contributed by atoms with Crippen LogP contribution >= 0.6 is 0 Å². The number of rotatable bonds is 4. The standard InChI is InChI=1S/C11H19N3O2/c1-3-15-8(2)10-13-11(16-14-10)9-4-6-12-7-5-9/h8-9,12H,3-7H2,1-2H3. The third kappa shape index (κ3) is 2.59. The molecular formula is C11H19N3O2. The summed E-state index contributed by atoms with van der Waals surface area (Å²) in [5.41, 5.74) is 0. The molecule has 1 aromatic rings. The molecule has 0 saturated carbocycles. The predicted octanol–water partition coefficient (Wildman–Crippen LogP) is 1.63. The normalized spacial score (nSPS) is 19.9. The molecule has 1 atom stereocenters. The third-order valence-corrected chi connectivity index (χ3v) is 2.93. The van der Waals surface area contributed by atoms with Crippen molar-refractivity contribution in [2.24, 2.45) is 0 Å². The van der Waals surface area contributed by atoms with Crippen LogP contribution in [0.3, 0.4) is 0 Å². The van der Waals surface area contributed by atoms with Gasteiger partial charge in [-0.1, -0.05) is 5.16 Å². The van der Waals surface area contributed by atoms with E-state index >= 15 is 0 Å². The molecule has 1 N–H and O–H groups in total. The first kappa shape index (κ1) is 11.5. The quantitative estimate of drug-likeness (QED) is 0.844. The van der Waals surface area contributed by atoms with Gasteiger partial charge in [-0.05, 0) is 39.8 Å². The maximum atomic E-state index is 5.43. The SMILES string of the molecule is CCOC(C)c1noc(C2CCNCC2)n1. The lowest BCUT2D eigenvalue weighted by Gasteiger charge is -2.18. The fourth-order valence-corrected chi connectivity index (χ4v) is 1.97. The number of nitrogens with zero attached hydrogens (tertiary/aromatic N) is 2. The molecule has 1 unspecified atom stereocenters.